The van der Waals surface area contributed by atoms with Gasteiger partial charge in [0.25, 0.3) is 0 Å². The van der Waals surface area contributed by atoms with Gasteiger partial charge in [-0.25, -0.2) is 0 Å². The lowest BCUT2D eigenvalue weighted by Gasteiger charge is -2.42. The first-order valence-electron chi connectivity index (χ1n) is 18.6. The van der Waals surface area contributed by atoms with Crippen LogP contribution in [-0.2, 0) is 9.47 Å². The molecule has 1 rings (SSSR count). The van der Waals surface area contributed by atoms with Gasteiger partial charge in [0.1, 0.15) is 24.4 Å². The van der Waals surface area contributed by atoms with Crippen LogP contribution in [0.5, 0.6) is 0 Å². The lowest BCUT2D eigenvalue weighted by molar-refractivity contribution is -0.323. The van der Waals surface area contributed by atoms with Crippen LogP contribution >= 0.6 is 0 Å². The van der Waals surface area contributed by atoms with E-state index < -0.39 is 42.9 Å². The summed E-state index contributed by atoms with van der Waals surface area (Å²) in [5, 5.41) is 39.7. The molecule has 0 aliphatic carbocycles. The standard InChI is InChI=1S/C46H68O6/c1-34(2)19-13-22-37(5)25-16-28-38(6)26-14-23-35(3)20-11-12-21-36(4)24-15-27-39(7)29-17-30-40(8)31-18-32-46(9,10)52-45-44(50)43(49)42(48)41(33-47)51-45/h11-12,14-17,19-21,23-30,41-45,47-50H,13,18,22,31-33H2,1-10H3/t41-,42-,43+,44-,45+/m1/s1. The molecule has 0 bridgehead atoms. The topological polar surface area (TPSA) is 99.4 Å². The van der Waals surface area contributed by atoms with Crippen LogP contribution in [0, 0.1) is 0 Å². The van der Waals surface area contributed by atoms with E-state index in [4.69, 9.17) is 9.47 Å². The summed E-state index contributed by atoms with van der Waals surface area (Å²) in [6.45, 7) is 20.2. The third kappa shape index (κ3) is 21.2. The Hall–Kier alpha value is -3.36. The monoisotopic (exact) mass is 717 g/mol. The molecular weight excluding hydrogens is 649 g/mol. The SMILES string of the molecule is CC(C)=CCCC(C)=CC=CC(C)=CC=CC(C)=CC=CC=C(C)C=CC=C(C)C=CC=C(C)CCCC(C)(C)O[C@@H]1O[C@H](CO)[C@@H](O)[C@H](O)[C@H]1O. The van der Waals surface area contributed by atoms with Gasteiger partial charge in [0, 0.05) is 0 Å². The number of hydrogen-bond acceptors (Lipinski definition) is 6. The zero-order valence-electron chi connectivity index (χ0n) is 33.5. The van der Waals surface area contributed by atoms with Gasteiger partial charge >= 0.3 is 0 Å². The van der Waals surface area contributed by atoms with E-state index in [1.54, 1.807) is 0 Å². The number of aliphatic hydroxyl groups is 4. The fourth-order valence-corrected chi connectivity index (χ4v) is 5.15. The molecule has 6 heteroatoms. The summed E-state index contributed by atoms with van der Waals surface area (Å²) in [7, 11) is 0. The molecule has 1 aliphatic heterocycles. The summed E-state index contributed by atoms with van der Waals surface area (Å²) in [5.74, 6) is 0. The van der Waals surface area contributed by atoms with Crippen molar-refractivity contribution in [2.45, 2.75) is 138 Å². The average Bonchev–Trinajstić information content (AvgIpc) is 3.06. The minimum Gasteiger partial charge on any atom is -0.394 e. The van der Waals surface area contributed by atoms with Gasteiger partial charge in [-0.1, -0.05) is 142 Å². The van der Waals surface area contributed by atoms with Gasteiger partial charge < -0.3 is 29.9 Å². The van der Waals surface area contributed by atoms with Crippen molar-refractivity contribution in [3.63, 3.8) is 0 Å². The van der Waals surface area contributed by atoms with Gasteiger partial charge in [-0.2, -0.15) is 0 Å². The van der Waals surface area contributed by atoms with Gasteiger partial charge in [0.15, 0.2) is 6.29 Å². The average molecular weight is 717 g/mol. The Morgan fingerprint density at radius 1 is 0.596 bits per heavy atom. The number of ether oxygens (including phenoxy) is 2. The molecule has 1 heterocycles. The van der Waals surface area contributed by atoms with Crippen LogP contribution in [0.3, 0.4) is 0 Å². The van der Waals surface area contributed by atoms with E-state index in [0.29, 0.717) is 6.42 Å². The highest BCUT2D eigenvalue weighted by molar-refractivity contribution is 5.32. The Morgan fingerprint density at radius 2 is 1.04 bits per heavy atom. The van der Waals surface area contributed by atoms with E-state index in [1.165, 1.54) is 27.9 Å². The summed E-state index contributed by atoms with van der Waals surface area (Å²) in [6, 6.07) is 0. The van der Waals surface area contributed by atoms with E-state index in [9.17, 15) is 20.4 Å². The van der Waals surface area contributed by atoms with Crippen LogP contribution in [0.1, 0.15) is 101 Å². The van der Waals surface area contributed by atoms with Crippen LogP contribution in [0.2, 0.25) is 0 Å². The molecule has 52 heavy (non-hydrogen) atoms. The first kappa shape index (κ1) is 46.7. The molecule has 1 saturated heterocycles. The summed E-state index contributed by atoms with van der Waals surface area (Å²) >= 11 is 0. The van der Waals surface area contributed by atoms with Crippen LogP contribution in [0.4, 0.5) is 0 Å². The summed E-state index contributed by atoms with van der Waals surface area (Å²) in [5.41, 5.74) is 8.05. The molecule has 0 unspecified atom stereocenters. The summed E-state index contributed by atoms with van der Waals surface area (Å²) in [6.07, 6.45) is 34.1. The van der Waals surface area contributed by atoms with Gasteiger partial charge in [0.2, 0.25) is 0 Å². The van der Waals surface area contributed by atoms with Crippen LogP contribution in [0.25, 0.3) is 0 Å². The first-order chi connectivity index (χ1) is 24.5. The molecule has 0 spiro atoms. The Bertz CT molecular complexity index is 1450. The van der Waals surface area contributed by atoms with Crippen molar-refractivity contribution in [3.05, 3.63) is 142 Å². The van der Waals surface area contributed by atoms with Crippen molar-refractivity contribution >= 4 is 0 Å². The molecule has 4 N–H and O–H groups in total. The highest BCUT2D eigenvalue weighted by Crippen LogP contribution is 2.28. The minimum absolute atomic E-state index is 0.480. The largest absolute Gasteiger partial charge is 0.394 e. The molecule has 0 radical (unpaired) electrons. The van der Waals surface area contributed by atoms with Crippen molar-refractivity contribution in [3.8, 4) is 0 Å². The van der Waals surface area contributed by atoms with Crippen molar-refractivity contribution in [2.75, 3.05) is 6.61 Å². The van der Waals surface area contributed by atoms with E-state index >= 15 is 0 Å². The van der Waals surface area contributed by atoms with E-state index in [-0.39, 0.29) is 0 Å². The maximum absolute atomic E-state index is 10.3. The fraction of sp³-hybridized carbons (Fsp3) is 0.478. The molecule has 6 nitrogen and oxygen atoms in total. The summed E-state index contributed by atoms with van der Waals surface area (Å²) in [4.78, 5) is 0. The van der Waals surface area contributed by atoms with Gasteiger partial charge in [0.05, 0.1) is 12.2 Å². The van der Waals surface area contributed by atoms with E-state index in [2.05, 4.69) is 159 Å². The van der Waals surface area contributed by atoms with Crippen molar-refractivity contribution in [1.82, 2.24) is 0 Å². The van der Waals surface area contributed by atoms with Crippen molar-refractivity contribution in [2.24, 2.45) is 0 Å². The van der Waals surface area contributed by atoms with Crippen LogP contribution in [-0.4, -0.2) is 63.3 Å². The lowest BCUT2D eigenvalue weighted by atomic mass is 9.96. The third-order valence-electron chi connectivity index (χ3n) is 8.47. The third-order valence-corrected chi connectivity index (χ3v) is 8.47. The van der Waals surface area contributed by atoms with Gasteiger partial charge in [-0.15, -0.1) is 0 Å². The Labute approximate surface area is 315 Å². The Balaban J connectivity index is 2.51. The normalized spacial score (nSPS) is 23.8. The Kier molecular flexibility index (Phi) is 23.0. The number of hydrogen-bond donors (Lipinski definition) is 4. The number of rotatable bonds is 20. The second-order valence-corrected chi connectivity index (χ2v) is 14.7. The lowest BCUT2D eigenvalue weighted by Crippen LogP contribution is -2.60. The van der Waals surface area contributed by atoms with Crippen molar-refractivity contribution < 1.29 is 29.9 Å². The maximum Gasteiger partial charge on any atom is 0.187 e. The second-order valence-electron chi connectivity index (χ2n) is 14.7. The predicted octanol–water partition coefficient (Wildman–Crippen LogP) is 9.96. The number of allylic oxidation sites excluding steroid dienone is 24. The van der Waals surface area contributed by atoms with Crippen LogP contribution < -0.4 is 0 Å². The quantitative estimate of drug-likeness (QED) is 0.0740. The van der Waals surface area contributed by atoms with Gasteiger partial charge in [-0.05, 0) is 101 Å². The van der Waals surface area contributed by atoms with E-state index in [1.807, 2.05) is 13.8 Å². The maximum atomic E-state index is 10.3. The molecule has 288 valence electrons. The zero-order valence-corrected chi connectivity index (χ0v) is 33.5. The zero-order chi connectivity index (χ0) is 39.1. The fourth-order valence-electron chi connectivity index (χ4n) is 5.15. The molecule has 0 aromatic carbocycles. The smallest absolute Gasteiger partial charge is 0.187 e. The first-order valence-corrected chi connectivity index (χ1v) is 18.6. The minimum atomic E-state index is -1.45. The highest BCUT2D eigenvalue weighted by atomic mass is 16.7. The summed E-state index contributed by atoms with van der Waals surface area (Å²) < 4.78 is 11.5. The van der Waals surface area contributed by atoms with E-state index in [0.717, 1.165) is 36.8 Å². The predicted molar refractivity (Wildman–Crippen MR) is 220 cm³/mol. The van der Waals surface area contributed by atoms with Crippen molar-refractivity contribution in [1.29, 1.82) is 0 Å². The molecule has 0 aromatic heterocycles. The molecule has 0 aromatic rings. The van der Waals surface area contributed by atoms with Crippen LogP contribution in [0.15, 0.2) is 142 Å². The second kappa shape index (κ2) is 25.6. The molecule has 5 atom stereocenters. The number of aliphatic hydroxyl groups excluding tert-OH is 4. The molecule has 0 amide bonds. The highest BCUT2D eigenvalue weighted by Gasteiger charge is 2.45. The molecular formula is C46H68O6. The molecule has 1 fully saturated rings. The molecule has 0 saturated carbocycles. The molecule has 1 aliphatic rings. The van der Waals surface area contributed by atoms with Gasteiger partial charge in [-0.3, -0.25) is 0 Å². The Morgan fingerprint density at radius 3 is 1.50 bits per heavy atom.